The minimum Gasteiger partial charge on any atom is -0.383 e. The van der Waals surface area contributed by atoms with E-state index in [1.807, 2.05) is 25.1 Å². The molecule has 3 nitrogen and oxygen atoms in total. The lowest BCUT2D eigenvalue weighted by Gasteiger charge is -2.19. The number of nitrogens with two attached hydrogens (primary N) is 1. The van der Waals surface area contributed by atoms with Gasteiger partial charge in [-0.05, 0) is 44.0 Å². The van der Waals surface area contributed by atoms with Crippen LogP contribution in [0.1, 0.15) is 18.4 Å². The molecule has 4 heteroatoms. The summed E-state index contributed by atoms with van der Waals surface area (Å²) in [6.07, 6.45) is 1.98. The summed E-state index contributed by atoms with van der Waals surface area (Å²) in [6.45, 7) is 3.37. The fraction of sp³-hybridized carbons (Fsp3) is 0.538. The Morgan fingerprint density at radius 1 is 1.47 bits per heavy atom. The largest absolute Gasteiger partial charge is 0.383 e. The first kappa shape index (κ1) is 14.3. The van der Waals surface area contributed by atoms with Crippen molar-refractivity contribution in [3.63, 3.8) is 0 Å². The van der Waals surface area contributed by atoms with Gasteiger partial charge in [0.05, 0.1) is 6.61 Å². The summed E-state index contributed by atoms with van der Waals surface area (Å²) in [4.78, 5) is 0. The number of benzene rings is 1. The quantitative estimate of drug-likeness (QED) is 0.789. The molecule has 0 heterocycles. The lowest BCUT2D eigenvalue weighted by Crippen LogP contribution is -2.25. The highest BCUT2D eigenvalue weighted by molar-refractivity contribution is 6.31. The van der Waals surface area contributed by atoms with E-state index in [-0.39, 0.29) is 6.04 Å². The topological polar surface area (TPSA) is 47.3 Å². The fourth-order valence-corrected chi connectivity index (χ4v) is 1.86. The van der Waals surface area contributed by atoms with Crippen LogP contribution in [-0.4, -0.2) is 26.3 Å². The van der Waals surface area contributed by atoms with Gasteiger partial charge in [0.15, 0.2) is 0 Å². The van der Waals surface area contributed by atoms with E-state index in [2.05, 4.69) is 5.32 Å². The minimum absolute atomic E-state index is 0.280. The molecule has 0 aromatic heterocycles. The van der Waals surface area contributed by atoms with E-state index in [4.69, 9.17) is 22.1 Å². The molecule has 1 aromatic carbocycles. The maximum atomic E-state index is 6.09. The third kappa shape index (κ3) is 4.94. The van der Waals surface area contributed by atoms with Crippen LogP contribution >= 0.6 is 11.6 Å². The van der Waals surface area contributed by atoms with Gasteiger partial charge in [-0.2, -0.15) is 0 Å². The summed E-state index contributed by atoms with van der Waals surface area (Å²) in [6, 6.07) is 6.27. The summed E-state index contributed by atoms with van der Waals surface area (Å²) in [5.41, 5.74) is 7.63. The molecule has 1 unspecified atom stereocenters. The van der Waals surface area contributed by atoms with Gasteiger partial charge < -0.3 is 15.8 Å². The van der Waals surface area contributed by atoms with Crippen LogP contribution < -0.4 is 11.1 Å². The van der Waals surface area contributed by atoms with Crippen molar-refractivity contribution in [2.24, 2.45) is 5.73 Å². The van der Waals surface area contributed by atoms with Crippen molar-refractivity contribution in [2.45, 2.75) is 25.8 Å². The fourth-order valence-electron chi connectivity index (χ4n) is 1.68. The first-order chi connectivity index (χ1) is 8.17. The van der Waals surface area contributed by atoms with Crippen molar-refractivity contribution >= 4 is 17.3 Å². The SMILES string of the molecule is COCC(CCCN)Nc1ccc(C)c(Cl)c1. The monoisotopic (exact) mass is 256 g/mol. The Morgan fingerprint density at radius 2 is 2.24 bits per heavy atom. The molecule has 0 fully saturated rings. The molecule has 0 spiro atoms. The summed E-state index contributed by atoms with van der Waals surface area (Å²) < 4.78 is 5.19. The number of halogens is 1. The number of rotatable bonds is 7. The third-order valence-electron chi connectivity index (χ3n) is 2.67. The average Bonchev–Trinajstić information content (AvgIpc) is 2.31. The summed E-state index contributed by atoms with van der Waals surface area (Å²) in [7, 11) is 1.71. The maximum Gasteiger partial charge on any atom is 0.0664 e. The van der Waals surface area contributed by atoms with Gasteiger partial charge in [-0.15, -0.1) is 0 Å². The number of methoxy groups -OCH3 is 1. The van der Waals surface area contributed by atoms with Crippen molar-refractivity contribution in [1.82, 2.24) is 0 Å². The first-order valence-electron chi connectivity index (χ1n) is 5.89. The van der Waals surface area contributed by atoms with E-state index in [1.54, 1.807) is 7.11 Å². The number of nitrogens with one attached hydrogen (secondary N) is 1. The Hall–Kier alpha value is -0.770. The molecular weight excluding hydrogens is 236 g/mol. The molecule has 0 amide bonds. The summed E-state index contributed by atoms with van der Waals surface area (Å²) in [5.74, 6) is 0. The zero-order chi connectivity index (χ0) is 12.7. The van der Waals surface area contributed by atoms with Crippen LogP contribution in [0.15, 0.2) is 18.2 Å². The molecule has 0 aliphatic rings. The van der Waals surface area contributed by atoms with Gasteiger partial charge in [-0.1, -0.05) is 17.7 Å². The van der Waals surface area contributed by atoms with Crippen LogP contribution in [-0.2, 0) is 4.74 Å². The zero-order valence-corrected chi connectivity index (χ0v) is 11.3. The lowest BCUT2D eigenvalue weighted by atomic mass is 10.1. The second-order valence-electron chi connectivity index (χ2n) is 4.19. The molecule has 1 aromatic rings. The Bertz CT molecular complexity index is 344. The van der Waals surface area contributed by atoms with Gasteiger partial charge in [0.1, 0.15) is 0 Å². The van der Waals surface area contributed by atoms with Crippen molar-refractivity contribution in [1.29, 1.82) is 0 Å². The van der Waals surface area contributed by atoms with Crippen molar-refractivity contribution in [3.8, 4) is 0 Å². The number of aryl methyl sites for hydroxylation is 1. The molecule has 3 N–H and O–H groups in total. The van der Waals surface area contributed by atoms with E-state index in [9.17, 15) is 0 Å². The molecule has 0 aliphatic heterocycles. The minimum atomic E-state index is 0.280. The average molecular weight is 257 g/mol. The predicted octanol–water partition coefficient (Wildman–Crippen LogP) is 2.81. The highest BCUT2D eigenvalue weighted by Gasteiger charge is 2.08. The van der Waals surface area contributed by atoms with Gasteiger partial charge in [-0.25, -0.2) is 0 Å². The Balaban J connectivity index is 2.61. The Morgan fingerprint density at radius 3 is 2.82 bits per heavy atom. The zero-order valence-electron chi connectivity index (χ0n) is 10.5. The van der Waals surface area contributed by atoms with Crippen LogP contribution in [0.5, 0.6) is 0 Å². The van der Waals surface area contributed by atoms with Gasteiger partial charge >= 0.3 is 0 Å². The molecule has 17 heavy (non-hydrogen) atoms. The second kappa shape index (κ2) is 7.54. The highest BCUT2D eigenvalue weighted by Crippen LogP contribution is 2.21. The summed E-state index contributed by atoms with van der Waals surface area (Å²) in [5, 5.41) is 4.20. The molecule has 96 valence electrons. The van der Waals surface area contributed by atoms with Crippen LogP contribution in [0.4, 0.5) is 5.69 Å². The number of anilines is 1. The number of hydrogen-bond donors (Lipinski definition) is 2. The normalized spacial score (nSPS) is 12.5. The van der Waals surface area contributed by atoms with Gasteiger partial charge in [0, 0.05) is 23.9 Å². The third-order valence-corrected chi connectivity index (χ3v) is 3.07. The summed E-state index contributed by atoms with van der Waals surface area (Å²) >= 11 is 6.09. The van der Waals surface area contributed by atoms with E-state index < -0.39 is 0 Å². The second-order valence-corrected chi connectivity index (χ2v) is 4.60. The molecule has 0 bridgehead atoms. The molecule has 0 saturated heterocycles. The molecule has 1 rings (SSSR count). The first-order valence-corrected chi connectivity index (χ1v) is 6.27. The lowest BCUT2D eigenvalue weighted by molar-refractivity contribution is 0.182. The Labute approximate surface area is 108 Å². The molecular formula is C13H21ClN2O. The number of hydrogen-bond acceptors (Lipinski definition) is 3. The van der Waals surface area contributed by atoms with Crippen molar-refractivity contribution in [3.05, 3.63) is 28.8 Å². The van der Waals surface area contributed by atoms with Gasteiger partial charge in [0.25, 0.3) is 0 Å². The molecule has 0 radical (unpaired) electrons. The smallest absolute Gasteiger partial charge is 0.0664 e. The molecule has 0 saturated carbocycles. The van der Waals surface area contributed by atoms with E-state index in [0.29, 0.717) is 13.2 Å². The van der Waals surface area contributed by atoms with Crippen LogP contribution in [0.25, 0.3) is 0 Å². The van der Waals surface area contributed by atoms with Gasteiger partial charge in [-0.3, -0.25) is 0 Å². The van der Waals surface area contributed by atoms with Crippen LogP contribution in [0, 0.1) is 6.92 Å². The van der Waals surface area contributed by atoms with E-state index in [1.165, 1.54) is 0 Å². The van der Waals surface area contributed by atoms with Crippen molar-refractivity contribution in [2.75, 3.05) is 25.6 Å². The van der Waals surface area contributed by atoms with Crippen LogP contribution in [0.3, 0.4) is 0 Å². The Kier molecular flexibility index (Phi) is 6.34. The van der Waals surface area contributed by atoms with Gasteiger partial charge in [0.2, 0.25) is 0 Å². The number of ether oxygens (including phenoxy) is 1. The standard InChI is InChI=1S/C13H21ClN2O/c1-10-5-6-11(8-13(10)14)16-12(9-17-2)4-3-7-15/h5-6,8,12,16H,3-4,7,9,15H2,1-2H3. The van der Waals surface area contributed by atoms with E-state index >= 15 is 0 Å². The highest BCUT2D eigenvalue weighted by atomic mass is 35.5. The predicted molar refractivity (Wildman–Crippen MR) is 73.8 cm³/mol. The molecule has 0 aliphatic carbocycles. The van der Waals surface area contributed by atoms with E-state index in [0.717, 1.165) is 29.1 Å². The van der Waals surface area contributed by atoms with Crippen LogP contribution in [0.2, 0.25) is 5.02 Å². The molecule has 1 atom stereocenters. The van der Waals surface area contributed by atoms with Crippen molar-refractivity contribution < 1.29 is 4.74 Å². The maximum absolute atomic E-state index is 6.09.